The van der Waals surface area contributed by atoms with Gasteiger partial charge in [-0.3, -0.25) is 10.1 Å². The zero-order valence-corrected chi connectivity index (χ0v) is 20.9. The third kappa shape index (κ3) is 4.27. The molecular weight excluding hydrogens is 492 g/mol. The fraction of sp³-hybridized carbons (Fsp3) is 0.350. The van der Waals surface area contributed by atoms with Crippen molar-refractivity contribution >= 4 is 55.1 Å². The van der Waals surface area contributed by atoms with Crippen LogP contribution in [0.1, 0.15) is 16.7 Å². The van der Waals surface area contributed by atoms with Gasteiger partial charge in [0, 0.05) is 43.2 Å². The highest BCUT2D eigenvalue weighted by molar-refractivity contribution is 7.91. The summed E-state index contributed by atoms with van der Waals surface area (Å²) in [6.45, 7) is 7.75. The first-order valence-corrected chi connectivity index (χ1v) is 13.3. The number of benzene rings is 1. The molecule has 3 aromatic rings. The van der Waals surface area contributed by atoms with E-state index in [4.69, 9.17) is 16.6 Å². The van der Waals surface area contributed by atoms with E-state index < -0.39 is 14.9 Å². The smallest absolute Gasteiger partial charge is 0.300 e. The average molecular weight is 513 g/mol. The second kappa shape index (κ2) is 8.71. The van der Waals surface area contributed by atoms with Crippen LogP contribution in [0.5, 0.6) is 0 Å². The lowest BCUT2D eigenvalue weighted by Gasteiger charge is -2.33. The molecule has 4 rings (SSSR count). The van der Waals surface area contributed by atoms with Gasteiger partial charge in [-0.1, -0.05) is 29.3 Å². The van der Waals surface area contributed by atoms with E-state index in [-0.39, 0.29) is 27.3 Å². The molecule has 0 spiro atoms. The van der Waals surface area contributed by atoms with Crippen LogP contribution < -0.4 is 4.90 Å². The van der Waals surface area contributed by atoms with E-state index in [0.29, 0.717) is 24.4 Å². The second-order valence-corrected chi connectivity index (χ2v) is 12.3. The Labute approximate surface area is 199 Å². The summed E-state index contributed by atoms with van der Waals surface area (Å²) in [6.07, 6.45) is 0. The Balaban J connectivity index is 1.49. The fourth-order valence-corrected chi connectivity index (χ4v) is 8.06. The number of nitro groups is 1. The summed E-state index contributed by atoms with van der Waals surface area (Å²) in [5, 5.41) is 13.9. The number of anilines is 1. The molecule has 0 saturated carbocycles. The number of thiophene rings is 1. The molecule has 0 atom stereocenters. The molecule has 0 unspecified atom stereocenters. The number of aryl methyl sites for hydroxylation is 3. The number of aromatic nitrogens is 1. The Hall–Kier alpha value is -2.05. The normalized spacial score (nSPS) is 15.3. The van der Waals surface area contributed by atoms with Crippen LogP contribution in [0.3, 0.4) is 0 Å². The number of halogens is 1. The van der Waals surface area contributed by atoms with Crippen LogP contribution in [-0.2, 0) is 10.0 Å². The molecule has 1 aromatic carbocycles. The van der Waals surface area contributed by atoms with Gasteiger partial charge >= 0.3 is 0 Å². The van der Waals surface area contributed by atoms with E-state index in [0.717, 1.165) is 22.5 Å². The quantitative estimate of drug-likeness (QED) is 0.357. The van der Waals surface area contributed by atoms with Gasteiger partial charge in [0.05, 0.1) is 10.6 Å². The zero-order valence-electron chi connectivity index (χ0n) is 17.7. The summed E-state index contributed by atoms with van der Waals surface area (Å²) in [6, 6.07) is 5.33. The van der Waals surface area contributed by atoms with Gasteiger partial charge in [-0.2, -0.15) is 4.31 Å². The fourth-order valence-electron chi connectivity index (χ4n) is 3.95. The summed E-state index contributed by atoms with van der Waals surface area (Å²) in [5.74, 6) is 0. The van der Waals surface area contributed by atoms with Crippen LogP contribution in [0.15, 0.2) is 27.8 Å². The van der Waals surface area contributed by atoms with E-state index in [1.54, 1.807) is 11.3 Å². The largest absolute Gasteiger partial charge is 0.345 e. The predicted octanol–water partition coefficient (Wildman–Crippen LogP) is 4.87. The SMILES string of the molecule is Cc1cc(C)c(-c2csc(N3CCN(S(=O)(=O)c4cc([N+](=O)[O-])c(Cl)s4)CC3)n2)c(C)c1. The first kappa shape index (κ1) is 23.1. The van der Waals surface area contributed by atoms with Crippen molar-refractivity contribution in [1.82, 2.24) is 9.29 Å². The first-order chi connectivity index (χ1) is 15.1. The highest BCUT2D eigenvalue weighted by atomic mass is 35.5. The molecule has 32 heavy (non-hydrogen) atoms. The first-order valence-electron chi connectivity index (χ1n) is 9.80. The molecule has 2 aromatic heterocycles. The summed E-state index contributed by atoms with van der Waals surface area (Å²) in [7, 11) is -3.84. The number of nitrogens with zero attached hydrogens (tertiary/aromatic N) is 4. The topological polar surface area (TPSA) is 96.7 Å². The molecule has 1 aliphatic heterocycles. The van der Waals surface area contributed by atoms with Crippen LogP contribution in [0.2, 0.25) is 4.34 Å². The van der Waals surface area contributed by atoms with Crippen LogP contribution >= 0.6 is 34.3 Å². The van der Waals surface area contributed by atoms with Crippen LogP contribution in [-0.4, -0.2) is 48.8 Å². The zero-order chi connectivity index (χ0) is 23.2. The minimum Gasteiger partial charge on any atom is -0.345 e. The van der Waals surface area contributed by atoms with Crippen molar-refractivity contribution < 1.29 is 13.3 Å². The Morgan fingerprint density at radius 3 is 2.28 bits per heavy atom. The molecule has 0 N–H and O–H groups in total. The second-order valence-electron chi connectivity index (χ2n) is 7.66. The molecule has 0 radical (unpaired) electrons. The molecule has 8 nitrogen and oxygen atoms in total. The molecule has 1 fully saturated rings. The van der Waals surface area contributed by atoms with Crippen LogP contribution in [0, 0.1) is 30.9 Å². The van der Waals surface area contributed by atoms with Crippen molar-refractivity contribution in [3.63, 3.8) is 0 Å². The molecule has 0 amide bonds. The van der Waals surface area contributed by atoms with Crippen molar-refractivity contribution in [1.29, 1.82) is 0 Å². The lowest BCUT2D eigenvalue weighted by Crippen LogP contribution is -2.48. The minimum atomic E-state index is -3.84. The Bertz CT molecular complexity index is 1270. The van der Waals surface area contributed by atoms with Gasteiger partial charge in [0.1, 0.15) is 4.21 Å². The standard InChI is InChI=1S/C20H21ClN4O4S3/c1-12-8-13(2)18(14(3)9-12)15-11-30-20(22-15)23-4-6-24(7-5-23)32(28,29)17-10-16(25(26)27)19(21)31-17/h8-11H,4-7H2,1-3H3. The van der Waals surface area contributed by atoms with E-state index in [2.05, 4.69) is 37.8 Å². The van der Waals surface area contributed by atoms with Crippen LogP contribution in [0.25, 0.3) is 11.3 Å². The summed E-state index contributed by atoms with van der Waals surface area (Å²) in [4.78, 5) is 17.2. The van der Waals surface area contributed by atoms with Gasteiger partial charge in [0.25, 0.3) is 15.7 Å². The lowest BCUT2D eigenvalue weighted by molar-refractivity contribution is -0.384. The highest BCUT2D eigenvalue weighted by Gasteiger charge is 2.33. The summed E-state index contributed by atoms with van der Waals surface area (Å²) in [5.41, 5.74) is 5.25. The van der Waals surface area contributed by atoms with Gasteiger partial charge in [-0.05, 0) is 31.9 Å². The van der Waals surface area contributed by atoms with E-state index in [1.807, 2.05) is 5.38 Å². The monoisotopic (exact) mass is 512 g/mol. The lowest BCUT2D eigenvalue weighted by atomic mass is 9.98. The number of sulfonamides is 1. The summed E-state index contributed by atoms with van der Waals surface area (Å²) < 4.78 is 27.0. The maximum atomic E-state index is 12.9. The van der Waals surface area contributed by atoms with Gasteiger partial charge in [0.2, 0.25) is 0 Å². The van der Waals surface area contributed by atoms with Gasteiger partial charge in [0.15, 0.2) is 9.47 Å². The molecule has 12 heteroatoms. The van der Waals surface area contributed by atoms with Gasteiger partial charge in [-0.15, -0.1) is 22.7 Å². The molecule has 1 saturated heterocycles. The predicted molar refractivity (Wildman–Crippen MR) is 129 cm³/mol. The number of rotatable bonds is 5. The highest BCUT2D eigenvalue weighted by Crippen LogP contribution is 2.38. The van der Waals surface area contributed by atoms with Crippen molar-refractivity contribution in [2.75, 3.05) is 31.1 Å². The van der Waals surface area contributed by atoms with Crippen LogP contribution in [0.4, 0.5) is 10.8 Å². The summed E-state index contributed by atoms with van der Waals surface area (Å²) >= 11 is 8.11. The molecule has 3 heterocycles. The van der Waals surface area contributed by atoms with E-state index in [9.17, 15) is 18.5 Å². The molecule has 170 valence electrons. The Kier molecular flexibility index (Phi) is 6.29. The number of piperazine rings is 1. The van der Waals surface area contributed by atoms with Gasteiger partial charge in [-0.25, -0.2) is 13.4 Å². The molecule has 1 aliphatic rings. The van der Waals surface area contributed by atoms with E-state index in [1.165, 1.54) is 21.0 Å². The Morgan fingerprint density at radius 2 is 1.72 bits per heavy atom. The molecule has 0 aliphatic carbocycles. The molecular formula is C20H21ClN4O4S3. The maximum absolute atomic E-state index is 12.9. The van der Waals surface area contributed by atoms with Crippen molar-refractivity contribution in [2.24, 2.45) is 0 Å². The Morgan fingerprint density at radius 1 is 1.09 bits per heavy atom. The van der Waals surface area contributed by atoms with Crippen molar-refractivity contribution in [2.45, 2.75) is 25.0 Å². The van der Waals surface area contributed by atoms with Gasteiger partial charge < -0.3 is 4.90 Å². The number of hydrogen-bond acceptors (Lipinski definition) is 8. The third-order valence-electron chi connectivity index (χ3n) is 5.37. The third-order valence-corrected chi connectivity index (χ3v) is 9.96. The van der Waals surface area contributed by atoms with E-state index >= 15 is 0 Å². The minimum absolute atomic E-state index is 0.107. The van der Waals surface area contributed by atoms with Crippen molar-refractivity contribution in [3.8, 4) is 11.3 Å². The van der Waals surface area contributed by atoms with Crippen molar-refractivity contribution in [3.05, 3.63) is 54.7 Å². The maximum Gasteiger partial charge on any atom is 0.300 e. The molecule has 0 bridgehead atoms. The average Bonchev–Trinajstić information content (AvgIpc) is 3.35. The number of thiazole rings is 1. The number of hydrogen-bond donors (Lipinski definition) is 0.